The smallest absolute Gasteiger partial charge is 0.260 e. The molecule has 1 aliphatic heterocycles. The quantitative estimate of drug-likeness (QED) is 0.832. The molecule has 27 heavy (non-hydrogen) atoms. The van der Waals surface area contributed by atoms with Crippen molar-refractivity contribution in [1.29, 1.82) is 0 Å². The van der Waals surface area contributed by atoms with Crippen LogP contribution in [-0.2, 0) is 4.79 Å². The fourth-order valence-corrected chi connectivity index (χ4v) is 3.15. The van der Waals surface area contributed by atoms with Gasteiger partial charge in [0.05, 0.1) is 0 Å². The van der Waals surface area contributed by atoms with Crippen LogP contribution in [0.4, 0.5) is 4.39 Å². The van der Waals surface area contributed by atoms with E-state index in [2.05, 4.69) is 0 Å². The second-order valence-electron chi connectivity index (χ2n) is 6.59. The maximum atomic E-state index is 13.2. The van der Waals surface area contributed by atoms with Crippen molar-refractivity contribution in [2.24, 2.45) is 0 Å². The molecule has 0 atom stereocenters. The Kier molecular flexibility index (Phi) is 6.06. The van der Waals surface area contributed by atoms with Gasteiger partial charge in [-0.25, -0.2) is 4.39 Å². The Hall–Kier alpha value is -2.89. The molecule has 0 spiro atoms. The van der Waals surface area contributed by atoms with E-state index in [-0.39, 0.29) is 18.4 Å². The summed E-state index contributed by atoms with van der Waals surface area (Å²) in [6.07, 6.45) is 0.712. The predicted molar refractivity (Wildman–Crippen MR) is 100 cm³/mol. The number of carbonyl (C=O) groups excluding carboxylic acids is 2. The highest BCUT2D eigenvalue weighted by Crippen LogP contribution is 2.14. The van der Waals surface area contributed by atoms with Gasteiger partial charge in [0.1, 0.15) is 11.6 Å². The van der Waals surface area contributed by atoms with E-state index in [1.165, 1.54) is 18.2 Å². The van der Waals surface area contributed by atoms with Gasteiger partial charge in [-0.15, -0.1) is 0 Å². The predicted octanol–water partition coefficient (Wildman–Crippen LogP) is 2.89. The van der Waals surface area contributed by atoms with E-state index in [0.29, 0.717) is 43.9 Å². The third-order valence-corrected chi connectivity index (χ3v) is 4.67. The normalized spacial score (nSPS) is 14.6. The standard InChI is InChI=1S/C21H23FN2O3/c1-16-6-2-3-9-19(16)21(26)24-11-5-10-23(12-13-24)20(25)15-27-18-8-4-7-17(22)14-18/h2-4,6-9,14H,5,10-13,15H2,1H3. The van der Waals surface area contributed by atoms with Crippen LogP contribution in [0.15, 0.2) is 48.5 Å². The molecule has 2 aromatic carbocycles. The van der Waals surface area contributed by atoms with Gasteiger partial charge in [0.25, 0.3) is 11.8 Å². The summed E-state index contributed by atoms with van der Waals surface area (Å²) in [5, 5.41) is 0. The molecule has 2 amide bonds. The first kappa shape index (κ1) is 18.9. The topological polar surface area (TPSA) is 49.9 Å². The van der Waals surface area contributed by atoms with E-state index >= 15 is 0 Å². The Bertz CT molecular complexity index is 825. The van der Waals surface area contributed by atoms with Crippen molar-refractivity contribution in [3.63, 3.8) is 0 Å². The highest BCUT2D eigenvalue weighted by molar-refractivity contribution is 5.95. The minimum absolute atomic E-state index is 0.00147. The van der Waals surface area contributed by atoms with Crippen LogP contribution in [0.25, 0.3) is 0 Å². The van der Waals surface area contributed by atoms with Crippen molar-refractivity contribution in [2.75, 3.05) is 32.8 Å². The average Bonchev–Trinajstić information content (AvgIpc) is 2.92. The lowest BCUT2D eigenvalue weighted by molar-refractivity contribution is -0.133. The number of aryl methyl sites for hydroxylation is 1. The van der Waals surface area contributed by atoms with Crippen LogP contribution < -0.4 is 4.74 Å². The fourth-order valence-electron chi connectivity index (χ4n) is 3.15. The number of nitrogens with zero attached hydrogens (tertiary/aromatic N) is 2. The number of halogens is 1. The molecule has 0 saturated carbocycles. The summed E-state index contributed by atoms with van der Waals surface area (Å²) in [6, 6.07) is 13.2. The van der Waals surface area contributed by atoms with Crippen LogP contribution in [-0.4, -0.2) is 54.4 Å². The molecule has 0 unspecified atom stereocenters. The van der Waals surface area contributed by atoms with E-state index in [9.17, 15) is 14.0 Å². The van der Waals surface area contributed by atoms with Gasteiger partial charge < -0.3 is 14.5 Å². The zero-order valence-corrected chi connectivity index (χ0v) is 15.4. The lowest BCUT2D eigenvalue weighted by Gasteiger charge is -2.23. The van der Waals surface area contributed by atoms with Crippen molar-refractivity contribution in [2.45, 2.75) is 13.3 Å². The van der Waals surface area contributed by atoms with Gasteiger partial charge in [0, 0.05) is 37.8 Å². The number of carbonyl (C=O) groups is 2. The molecule has 1 aliphatic rings. The largest absolute Gasteiger partial charge is 0.484 e. The van der Waals surface area contributed by atoms with Gasteiger partial charge in [-0.3, -0.25) is 9.59 Å². The van der Waals surface area contributed by atoms with Crippen LogP contribution in [0.1, 0.15) is 22.3 Å². The van der Waals surface area contributed by atoms with Crippen molar-refractivity contribution in [1.82, 2.24) is 9.80 Å². The lowest BCUT2D eigenvalue weighted by Crippen LogP contribution is -2.39. The Labute approximate surface area is 158 Å². The minimum Gasteiger partial charge on any atom is -0.484 e. The molecule has 0 aromatic heterocycles. The Balaban J connectivity index is 1.55. The highest BCUT2D eigenvalue weighted by atomic mass is 19.1. The lowest BCUT2D eigenvalue weighted by atomic mass is 10.1. The summed E-state index contributed by atoms with van der Waals surface area (Å²) in [5.74, 6) is -0.238. The maximum Gasteiger partial charge on any atom is 0.260 e. The summed E-state index contributed by atoms with van der Waals surface area (Å²) in [5.41, 5.74) is 1.65. The summed E-state index contributed by atoms with van der Waals surface area (Å²) < 4.78 is 18.6. The van der Waals surface area contributed by atoms with E-state index in [0.717, 1.165) is 5.56 Å². The monoisotopic (exact) mass is 370 g/mol. The minimum atomic E-state index is -0.403. The zero-order chi connectivity index (χ0) is 19.2. The number of benzene rings is 2. The first-order valence-electron chi connectivity index (χ1n) is 9.05. The van der Waals surface area contributed by atoms with Crippen LogP contribution >= 0.6 is 0 Å². The number of ether oxygens (including phenoxy) is 1. The van der Waals surface area contributed by atoms with E-state index in [4.69, 9.17) is 4.74 Å². The molecular weight excluding hydrogens is 347 g/mol. The molecule has 0 bridgehead atoms. The second-order valence-corrected chi connectivity index (χ2v) is 6.59. The van der Waals surface area contributed by atoms with Crippen molar-refractivity contribution in [3.8, 4) is 5.75 Å². The molecule has 1 saturated heterocycles. The van der Waals surface area contributed by atoms with Crippen LogP contribution in [0.2, 0.25) is 0 Å². The molecular formula is C21H23FN2O3. The summed E-state index contributed by atoms with van der Waals surface area (Å²) in [7, 11) is 0. The highest BCUT2D eigenvalue weighted by Gasteiger charge is 2.23. The molecule has 1 heterocycles. The first-order chi connectivity index (χ1) is 13.0. The molecule has 142 valence electrons. The zero-order valence-electron chi connectivity index (χ0n) is 15.4. The van der Waals surface area contributed by atoms with Crippen molar-refractivity contribution in [3.05, 3.63) is 65.5 Å². The Morgan fingerprint density at radius 3 is 2.52 bits per heavy atom. The number of hydrogen-bond acceptors (Lipinski definition) is 3. The van der Waals surface area contributed by atoms with Crippen molar-refractivity contribution >= 4 is 11.8 Å². The SMILES string of the molecule is Cc1ccccc1C(=O)N1CCCN(C(=O)COc2cccc(F)c2)CC1. The molecule has 6 heteroatoms. The van der Waals surface area contributed by atoms with E-state index in [1.54, 1.807) is 15.9 Å². The van der Waals surface area contributed by atoms with Gasteiger partial charge in [-0.05, 0) is 37.1 Å². The van der Waals surface area contributed by atoms with E-state index in [1.807, 2.05) is 31.2 Å². The molecule has 0 radical (unpaired) electrons. The van der Waals surface area contributed by atoms with Gasteiger partial charge in [0.2, 0.25) is 0 Å². The van der Waals surface area contributed by atoms with Gasteiger partial charge in [0.15, 0.2) is 6.61 Å². The second kappa shape index (κ2) is 8.66. The fraction of sp³-hybridized carbons (Fsp3) is 0.333. The number of amides is 2. The average molecular weight is 370 g/mol. The molecule has 0 aliphatic carbocycles. The first-order valence-corrected chi connectivity index (χ1v) is 9.05. The maximum absolute atomic E-state index is 13.2. The summed E-state index contributed by atoms with van der Waals surface area (Å²) >= 11 is 0. The third-order valence-electron chi connectivity index (χ3n) is 4.67. The van der Waals surface area contributed by atoms with E-state index < -0.39 is 5.82 Å². The molecule has 5 nitrogen and oxygen atoms in total. The molecule has 2 aromatic rings. The number of rotatable bonds is 4. The molecule has 3 rings (SSSR count). The van der Waals surface area contributed by atoms with Crippen LogP contribution in [0, 0.1) is 12.7 Å². The molecule has 0 N–H and O–H groups in total. The Morgan fingerprint density at radius 2 is 1.74 bits per heavy atom. The van der Waals surface area contributed by atoms with Gasteiger partial charge in [-0.1, -0.05) is 24.3 Å². The van der Waals surface area contributed by atoms with Crippen molar-refractivity contribution < 1.29 is 18.7 Å². The van der Waals surface area contributed by atoms with Gasteiger partial charge in [-0.2, -0.15) is 0 Å². The number of hydrogen-bond donors (Lipinski definition) is 0. The van der Waals surface area contributed by atoms with Gasteiger partial charge >= 0.3 is 0 Å². The third kappa shape index (κ3) is 4.84. The van der Waals surface area contributed by atoms with Crippen LogP contribution in [0.5, 0.6) is 5.75 Å². The van der Waals surface area contributed by atoms with Crippen LogP contribution in [0.3, 0.4) is 0 Å². The Morgan fingerprint density at radius 1 is 1.00 bits per heavy atom. The molecule has 1 fully saturated rings. The summed E-state index contributed by atoms with van der Waals surface area (Å²) in [4.78, 5) is 28.7. The summed E-state index contributed by atoms with van der Waals surface area (Å²) in [6.45, 7) is 3.91.